The number of carbonyl (C=O) groups is 2. The zero-order valence-electron chi connectivity index (χ0n) is 18.1. The summed E-state index contributed by atoms with van der Waals surface area (Å²) in [6.45, 7) is 1.30. The van der Waals surface area contributed by atoms with Gasteiger partial charge in [-0.05, 0) is 37.1 Å². The van der Waals surface area contributed by atoms with Crippen LogP contribution in [0.5, 0.6) is 0 Å². The van der Waals surface area contributed by atoms with Crippen molar-refractivity contribution in [2.45, 2.75) is 18.4 Å². The Bertz CT molecular complexity index is 1330. The van der Waals surface area contributed by atoms with E-state index in [0.29, 0.717) is 37.4 Å². The predicted molar refractivity (Wildman–Crippen MR) is 126 cm³/mol. The molecule has 0 atom stereocenters. The van der Waals surface area contributed by atoms with E-state index >= 15 is 0 Å². The normalized spacial score (nSPS) is 15.3. The van der Waals surface area contributed by atoms with Crippen LogP contribution in [0.25, 0.3) is 21.8 Å². The van der Waals surface area contributed by atoms with E-state index in [1.165, 1.54) is 0 Å². The largest absolute Gasteiger partial charge is 0.381 e. The van der Waals surface area contributed by atoms with Gasteiger partial charge in [0.15, 0.2) is 0 Å². The van der Waals surface area contributed by atoms with Gasteiger partial charge < -0.3 is 15.4 Å². The number of amides is 2. The second kappa shape index (κ2) is 8.96. The fraction of sp³-hybridized carbons (Fsp3) is 0.231. The van der Waals surface area contributed by atoms with E-state index in [1.807, 2.05) is 60.7 Å². The van der Waals surface area contributed by atoms with Gasteiger partial charge in [-0.3, -0.25) is 9.59 Å². The Hall–Kier alpha value is -3.84. The molecule has 1 saturated heterocycles. The molecule has 0 unspecified atom stereocenters. The van der Waals surface area contributed by atoms with Crippen molar-refractivity contribution >= 4 is 33.6 Å². The number of nitrogens with one attached hydrogen (secondary N) is 2. The van der Waals surface area contributed by atoms with Gasteiger partial charge in [-0.25, -0.2) is 9.97 Å². The topological polar surface area (TPSA) is 93.2 Å². The van der Waals surface area contributed by atoms with E-state index in [4.69, 9.17) is 4.74 Å². The molecule has 1 aliphatic heterocycles. The summed E-state index contributed by atoms with van der Waals surface area (Å²) in [5.74, 6) is -0.537. The first-order chi connectivity index (χ1) is 16.1. The van der Waals surface area contributed by atoms with Crippen molar-refractivity contribution in [2.75, 3.05) is 19.8 Å². The maximum absolute atomic E-state index is 13.1. The zero-order chi connectivity index (χ0) is 22.7. The fourth-order valence-electron chi connectivity index (χ4n) is 4.14. The van der Waals surface area contributed by atoms with Crippen LogP contribution in [-0.4, -0.2) is 47.1 Å². The van der Waals surface area contributed by atoms with Crippen molar-refractivity contribution < 1.29 is 14.3 Å². The van der Waals surface area contributed by atoms with Gasteiger partial charge in [0.25, 0.3) is 11.8 Å². The zero-order valence-corrected chi connectivity index (χ0v) is 18.1. The van der Waals surface area contributed by atoms with Crippen LogP contribution in [0.15, 0.2) is 72.8 Å². The number of hydrogen-bond acceptors (Lipinski definition) is 5. The van der Waals surface area contributed by atoms with E-state index in [2.05, 4.69) is 20.6 Å². The van der Waals surface area contributed by atoms with E-state index in [1.54, 1.807) is 12.1 Å². The van der Waals surface area contributed by atoms with Gasteiger partial charge >= 0.3 is 0 Å². The molecular formula is C26H24N4O3. The summed E-state index contributed by atoms with van der Waals surface area (Å²) in [4.78, 5) is 34.9. The van der Waals surface area contributed by atoms with Crippen molar-refractivity contribution in [2.24, 2.45) is 0 Å². The minimum absolute atomic E-state index is 0.263. The van der Waals surface area contributed by atoms with Gasteiger partial charge in [-0.1, -0.05) is 48.5 Å². The summed E-state index contributed by atoms with van der Waals surface area (Å²) in [6, 6.07) is 22.6. The van der Waals surface area contributed by atoms with Gasteiger partial charge in [-0.15, -0.1) is 0 Å². The minimum Gasteiger partial charge on any atom is -0.381 e. The number of rotatable bonds is 5. The van der Waals surface area contributed by atoms with Crippen LogP contribution in [0.1, 0.15) is 33.8 Å². The van der Waals surface area contributed by atoms with Crippen LogP contribution in [0.3, 0.4) is 0 Å². The lowest BCUT2D eigenvalue weighted by molar-refractivity contribution is 0.0350. The third-order valence-electron chi connectivity index (χ3n) is 6.08. The van der Waals surface area contributed by atoms with Crippen molar-refractivity contribution in [3.05, 3.63) is 84.2 Å². The number of carbonyl (C=O) groups excluding carboxylic acids is 2. The van der Waals surface area contributed by atoms with Crippen LogP contribution in [-0.2, 0) is 4.74 Å². The molecule has 0 radical (unpaired) electrons. The number of fused-ring (bicyclic) bond motifs is 2. The molecule has 7 nitrogen and oxygen atoms in total. The lowest BCUT2D eigenvalue weighted by Gasteiger charge is -2.38. The molecule has 0 spiro atoms. The first-order valence-electron chi connectivity index (χ1n) is 11.0. The van der Waals surface area contributed by atoms with Crippen LogP contribution in [0.2, 0.25) is 0 Å². The number of aromatic nitrogens is 2. The summed E-state index contributed by atoms with van der Waals surface area (Å²) in [6.07, 6.45) is 1.19. The molecule has 5 rings (SSSR count). The number of benzene rings is 2. The van der Waals surface area contributed by atoms with E-state index in [-0.39, 0.29) is 18.4 Å². The number of para-hydroxylation sites is 2. The molecule has 2 N–H and O–H groups in total. The smallest absolute Gasteiger partial charge is 0.270 e. The Balaban J connectivity index is 1.32. The summed E-state index contributed by atoms with van der Waals surface area (Å²) < 4.78 is 5.52. The molecule has 2 aromatic carbocycles. The van der Waals surface area contributed by atoms with Crippen LogP contribution < -0.4 is 10.6 Å². The molecule has 1 aliphatic rings. The van der Waals surface area contributed by atoms with Crippen LogP contribution >= 0.6 is 0 Å². The molecule has 2 amide bonds. The quantitative estimate of drug-likeness (QED) is 0.496. The highest BCUT2D eigenvalue weighted by Gasteiger charge is 2.35. The molecule has 7 heteroatoms. The van der Waals surface area contributed by atoms with Gasteiger partial charge in [0, 0.05) is 30.5 Å². The summed E-state index contributed by atoms with van der Waals surface area (Å²) >= 11 is 0. The van der Waals surface area contributed by atoms with Crippen molar-refractivity contribution in [1.82, 2.24) is 20.6 Å². The molecule has 1 fully saturated rings. The summed E-state index contributed by atoms with van der Waals surface area (Å²) in [7, 11) is 0. The van der Waals surface area contributed by atoms with Crippen molar-refractivity contribution in [3.63, 3.8) is 0 Å². The standard InChI is InChI=1S/C26H24N4O3/c31-24(22-11-9-18-5-1-3-7-20(18)28-22)27-17-26(13-15-33-16-14-26)30-25(32)23-12-10-19-6-2-4-8-21(19)29-23/h1-12H,13-17H2,(H,27,31)(H,30,32). The Morgan fingerprint density at radius 2 is 1.30 bits per heavy atom. The Labute approximate surface area is 191 Å². The number of pyridine rings is 2. The maximum atomic E-state index is 13.1. The second-order valence-corrected chi connectivity index (χ2v) is 8.31. The first-order valence-corrected chi connectivity index (χ1v) is 11.0. The molecule has 33 heavy (non-hydrogen) atoms. The molecule has 0 aliphatic carbocycles. The van der Waals surface area contributed by atoms with Crippen LogP contribution in [0, 0.1) is 0 Å². The average Bonchev–Trinajstić information content (AvgIpc) is 2.87. The Morgan fingerprint density at radius 3 is 1.91 bits per heavy atom. The highest BCUT2D eigenvalue weighted by molar-refractivity contribution is 5.96. The van der Waals surface area contributed by atoms with E-state index in [9.17, 15) is 9.59 Å². The van der Waals surface area contributed by atoms with Gasteiger partial charge in [0.05, 0.1) is 16.6 Å². The van der Waals surface area contributed by atoms with Gasteiger partial charge in [0.1, 0.15) is 11.4 Å². The molecular weight excluding hydrogens is 416 g/mol. The highest BCUT2D eigenvalue weighted by atomic mass is 16.5. The Morgan fingerprint density at radius 1 is 0.758 bits per heavy atom. The van der Waals surface area contributed by atoms with Crippen LogP contribution in [0.4, 0.5) is 0 Å². The predicted octanol–water partition coefficient (Wildman–Crippen LogP) is 3.49. The molecule has 0 saturated carbocycles. The van der Waals surface area contributed by atoms with Gasteiger partial charge in [0.2, 0.25) is 0 Å². The molecule has 0 bridgehead atoms. The SMILES string of the molecule is O=C(NCC1(NC(=O)c2ccc3ccccc3n2)CCOCC1)c1ccc2ccccc2n1. The average molecular weight is 441 g/mol. The molecule has 166 valence electrons. The second-order valence-electron chi connectivity index (χ2n) is 8.31. The van der Waals surface area contributed by atoms with Crippen molar-refractivity contribution in [1.29, 1.82) is 0 Å². The molecule has 3 heterocycles. The minimum atomic E-state index is -0.616. The first kappa shape index (κ1) is 21.0. The summed E-state index contributed by atoms with van der Waals surface area (Å²) in [5.41, 5.74) is 1.61. The van der Waals surface area contributed by atoms with Crippen molar-refractivity contribution in [3.8, 4) is 0 Å². The highest BCUT2D eigenvalue weighted by Crippen LogP contribution is 2.22. The third-order valence-corrected chi connectivity index (χ3v) is 6.08. The number of hydrogen-bond donors (Lipinski definition) is 2. The Kier molecular flexibility index (Phi) is 5.71. The lowest BCUT2D eigenvalue weighted by atomic mass is 9.89. The molecule has 2 aromatic heterocycles. The number of ether oxygens (including phenoxy) is 1. The molecule has 4 aromatic rings. The maximum Gasteiger partial charge on any atom is 0.270 e. The monoisotopic (exact) mass is 440 g/mol. The summed E-state index contributed by atoms with van der Waals surface area (Å²) in [5, 5.41) is 8.06. The fourth-order valence-corrected chi connectivity index (χ4v) is 4.14. The van der Waals surface area contributed by atoms with E-state index in [0.717, 1.165) is 21.8 Å². The van der Waals surface area contributed by atoms with E-state index < -0.39 is 5.54 Å². The lowest BCUT2D eigenvalue weighted by Crippen LogP contribution is -2.58. The third kappa shape index (κ3) is 4.54. The number of nitrogens with zero attached hydrogens (tertiary/aromatic N) is 2. The van der Waals surface area contributed by atoms with Gasteiger partial charge in [-0.2, -0.15) is 0 Å².